The van der Waals surface area contributed by atoms with Gasteiger partial charge in [0, 0.05) is 13.7 Å². The van der Waals surface area contributed by atoms with Crippen LogP contribution in [-0.4, -0.2) is 37.4 Å². The van der Waals surface area contributed by atoms with Crippen LogP contribution in [0, 0.1) is 6.92 Å². The fourth-order valence-electron chi connectivity index (χ4n) is 2.75. The van der Waals surface area contributed by atoms with Crippen LogP contribution in [0.5, 0.6) is 0 Å². The molecule has 2 rings (SSSR count). The molecule has 1 aromatic carbocycles. The summed E-state index contributed by atoms with van der Waals surface area (Å²) < 4.78 is 4.86. The second kappa shape index (κ2) is 6.37. The standard InChI is InChI=1S/C16H23NO3/c1-12-5-3-6-13(9-12)16(7-4-8-16)15(19)17-10-14(18)11-20-2/h3,5-6,9,14,18H,4,7-8,10-11H2,1-2H3,(H,17,19). The van der Waals surface area contributed by atoms with E-state index in [0.29, 0.717) is 0 Å². The molecule has 1 fully saturated rings. The zero-order valence-corrected chi connectivity index (χ0v) is 12.2. The molecule has 2 N–H and O–H groups in total. The van der Waals surface area contributed by atoms with Gasteiger partial charge < -0.3 is 15.2 Å². The molecule has 4 nitrogen and oxygen atoms in total. The second-order valence-corrected chi connectivity index (χ2v) is 5.62. The molecule has 1 aliphatic rings. The van der Waals surface area contributed by atoms with Gasteiger partial charge in [-0.1, -0.05) is 36.2 Å². The zero-order valence-electron chi connectivity index (χ0n) is 12.2. The van der Waals surface area contributed by atoms with Crippen LogP contribution < -0.4 is 5.32 Å². The number of hydrogen-bond donors (Lipinski definition) is 2. The number of ether oxygens (including phenoxy) is 1. The number of amides is 1. The van der Waals surface area contributed by atoms with Crippen molar-refractivity contribution in [3.05, 3.63) is 35.4 Å². The lowest BCUT2D eigenvalue weighted by Gasteiger charge is -2.41. The van der Waals surface area contributed by atoms with Crippen LogP contribution in [-0.2, 0) is 14.9 Å². The third-order valence-corrected chi connectivity index (χ3v) is 4.07. The van der Waals surface area contributed by atoms with Crippen molar-refractivity contribution >= 4 is 5.91 Å². The monoisotopic (exact) mass is 277 g/mol. The van der Waals surface area contributed by atoms with Gasteiger partial charge >= 0.3 is 0 Å². The van der Waals surface area contributed by atoms with Gasteiger partial charge in [0.05, 0.1) is 18.1 Å². The second-order valence-electron chi connectivity index (χ2n) is 5.62. The van der Waals surface area contributed by atoms with Gasteiger partial charge in [0.2, 0.25) is 5.91 Å². The molecule has 0 radical (unpaired) electrons. The van der Waals surface area contributed by atoms with Crippen molar-refractivity contribution in [3.63, 3.8) is 0 Å². The van der Waals surface area contributed by atoms with Crippen LogP contribution >= 0.6 is 0 Å². The van der Waals surface area contributed by atoms with Crippen LogP contribution in [0.25, 0.3) is 0 Å². The van der Waals surface area contributed by atoms with Crippen LogP contribution in [0.2, 0.25) is 0 Å². The number of aliphatic hydroxyl groups is 1. The SMILES string of the molecule is COCC(O)CNC(=O)C1(c2cccc(C)c2)CCC1. The molecule has 1 unspecified atom stereocenters. The average Bonchev–Trinajstić information content (AvgIpc) is 2.35. The van der Waals surface area contributed by atoms with E-state index in [1.165, 1.54) is 12.7 Å². The Bertz CT molecular complexity index is 469. The molecule has 0 spiro atoms. The Morgan fingerprint density at radius 3 is 2.80 bits per heavy atom. The number of methoxy groups -OCH3 is 1. The summed E-state index contributed by atoms with van der Waals surface area (Å²) in [6, 6.07) is 8.15. The first-order valence-corrected chi connectivity index (χ1v) is 7.11. The van der Waals surface area contributed by atoms with Crippen LogP contribution in [0.4, 0.5) is 0 Å². The third-order valence-electron chi connectivity index (χ3n) is 4.07. The Labute approximate surface area is 120 Å². The lowest BCUT2D eigenvalue weighted by atomic mass is 9.63. The van der Waals surface area contributed by atoms with Gasteiger partial charge in [-0.25, -0.2) is 0 Å². The van der Waals surface area contributed by atoms with Crippen LogP contribution in [0.15, 0.2) is 24.3 Å². The van der Waals surface area contributed by atoms with E-state index in [-0.39, 0.29) is 19.1 Å². The molecule has 1 atom stereocenters. The summed E-state index contributed by atoms with van der Waals surface area (Å²) in [4.78, 5) is 12.5. The van der Waals surface area contributed by atoms with E-state index >= 15 is 0 Å². The molecular weight excluding hydrogens is 254 g/mol. The summed E-state index contributed by atoms with van der Waals surface area (Å²) in [5.41, 5.74) is 1.85. The molecule has 0 bridgehead atoms. The lowest BCUT2D eigenvalue weighted by molar-refractivity contribution is -0.130. The van der Waals surface area contributed by atoms with Crippen molar-refractivity contribution in [1.82, 2.24) is 5.32 Å². The average molecular weight is 277 g/mol. The van der Waals surface area contributed by atoms with Crippen molar-refractivity contribution < 1.29 is 14.6 Å². The van der Waals surface area contributed by atoms with Crippen molar-refractivity contribution in [3.8, 4) is 0 Å². The molecule has 20 heavy (non-hydrogen) atoms. The first-order chi connectivity index (χ1) is 9.58. The lowest BCUT2D eigenvalue weighted by Crippen LogP contribution is -2.51. The summed E-state index contributed by atoms with van der Waals surface area (Å²) in [7, 11) is 1.53. The molecule has 0 aromatic heterocycles. The maximum atomic E-state index is 12.5. The number of rotatable bonds is 6. The minimum atomic E-state index is -0.654. The molecule has 1 aromatic rings. The maximum absolute atomic E-state index is 12.5. The normalized spacial score (nSPS) is 18.1. The van der Waals surface area contributed by atoms with Gasteiger partial charge in [-0.05, 0) is 25.3 Å². The number of aryl methyl sites for hydroxylation is 1. The smallest absolute Gasteiger partial charge is 0.230 e. The number of nitrogens with one attached hydrogen (secondary N) is 1. The molecule has 110 valence electrons. The van der Waals surface area contributed by atoms with Crippen molar-refractivity contribution in [1.29, 1.82) is 0 Å². The topological polar surface area (TPSA) is 58.6 Å². The van der Waals surface area contributed by atoms with Gasteiger partial charge in [-0.2, -0.15) is 0 Å². The Balaban J connectivity index is 2.05. The van der Waals surface area contributed by atoms with E-state index in [9.17, 15) is 9.90 Å². The fraction of sp³-hybridized carbons (Fsp3) is 0.562. The summed E-state index contributed by atoms with van der Waals surface area (Å²) >= 11 is 0. The highest BCUT2D eigenvalue weighted by molar-refractivity contribution is 5.89. The summed E-state index contributed by atoms with van der Waals surface area (Å²) in [5, 5.41) is 12.5. The van der Waals surface area contributed by atoms with Crippen LogP contribution in [0.3, 0.4) is 0 Å². The third kappa shape index (κ3) is 3.02. The first kappa shape index (κ1) is 15.0. The predicted molar refractivity (Wildman–Crippen MR) is 77.6 cm³/mol. The van der Waals surface area contributed by atoms with E-state index in [0.717, 1.165) is 24.8 Å². The molecule has 0 aliphatic heterocycles. The number of carbonyl (C=O) groups is 1. The van der Waals surface area contributed by atoms with Gasteiger partial charge in [0.15, 0.2) is 0 Å². The number of aliphatic hydroxyl groups excluding tert-OH is 1. The number of carbonyl (C=O) groups excluding carboxylic acids is 1. The molecule has 0 saturated heterocycles. The molecule has 0 heterocycles. The minimum absolute atomic E-state index is 0.0181. The van der Waals surface area contributed by atoms with Gasteiger partial charge in [0.25, 0.3) is 0 Å². The number of hydrogen-bond acceptors (Lipinski definition) is 3. The van der Waals surface area contributed by atoms with Crippen molar-refractivity contribution in [2.24, 2.45) is 0 Å². The summed E-state index contributed by atoms with van der Waals surface area (Å²) in [6.45, 7) is 2.51. The van der Waals surface area contributed by atoms with E-state index in [4.69, 9.17) is 4.74 Å². The molecular formula is C16H23NO3. The first-order valence-electron chi connectivity index (χ1n) is 7.11. The Morgan fingerprint density at radius 2 is 2.25 bits per heavy atom. The predicted octanol–water partition coefficient (Wildman–Crippen LogP) is 1.54. The minimum Gasteiger partial charge on any atom is -0.389 e. The van der Waals surface area contributed by atoms with E-state index < -0.39 is 11.5 Å². The van der Waals surface area contributed by atoms with Gasteiger partial charge in [-0.3, -0.25) is 4.79 Å². The Kier molecular flexibility index (Phi) is 4.78. The highest BCUT2D eigenvalue weighted by Gasteiger charge is 2.45. The van der Waals surface area contributed by atoms with Crippen molar-refractivity contribution in [2.45, 2.75) is 37.7 Å². The van der Waals surface area contributed by atoms with Gasteiger partial charge in [-0.15, -0.1) is 0 Å². The highest BCUT2D eigenvalue weighted by atomic mass is 16.5. The van der Waals surface area contributed by atoms with Crippen LogP contribution in [0.1, 0.15) is 30.4 Å². The summed E-state index contributed by atoms with van der Waals surface area (Å²) in [6.07, 6.45) is 2.17. The van der Waals surface area contributed by atoms with Crippen molar-refractivity contribution in [2.75, 3.05) is 20.3 Å². The Hall–Kier alpha value is -1.39. The Morgan fingerprint density at radius 1 is 1.50 bits per heavy atom. The molecule has 1 amide bonds. The van der Waals surface area contributed by atoms with E-state index in [1.807, 2.05) is 25.1 Å². The highest BCUT2D eigenvalue weighted by Crippen LogP contribution is 2.44. The number of benzene rings is 1. The largest absolute Gasteiger partial charge is 0.389 e. The van der Waals surface area contributed by atoms with E-state index in [2.05, 4.69) is 11.4 Å². The maximum Gasteiger partial charge on any atom is 0.230 e. The quantitative estimate of drug-likeness (QED) is 0.829. The molecule has 4 heteroatoms. The zero-order chi connectivity index (χ0) is 14.6. The van der Waals surface area contributed by atoms with E-state index in [1.54, 1.807) is 0 Å². The summed E-state index contributed by atoms with van der Waals surface area (Å²) in [5.74, 6) is 0.0181. The van der Waals surface area contributed by atoms with Gasteiger partial charge in [0.1, 0.15) is 0 Å². The molecule has 1 saturated carbocycles. The molecule has 1 aliphatic carbocycles. The fourth-order valence-corrected chi connectivity index (χ4v) is 2.75.